The second-order valence-corrected chi connectivity index (χ2v) is 5.18. The van der Waals surface area contributed by atoms with Crippen LogP contribution >= 0.6 is 0 Å². The highest BCUT2D eigenvalue weighted by molar-refractivity contribution is 5.45. The molecule has 0 aliphatic rings. The third-order valence-electron chi connectivity index (χ3n) is 3.39. The first-order chi connectivity index (χ1) is 10.0. The molecule has 0 spiro atoms. The van der Waals surface area contributed by atoms with E-state index in [2.05, 4.69) is 21.5 Å². The predicted molar refractivity (Wildman–Crippen MR) is 83.6 cm³/mol. The van der Waals surface area contributed by atoms with Gasteiger partial charge in [-0.3, -0.25) is 0 Å². The third kappa shape index (κ3) is 3.33. The van der Waals surface area contributed by atoms with Crippen molar-refractivity contribution < 1.29 is 4.74 Å². The van der Waals surface area contributed by atoms with Crippen LogP contribution in [-0.4, -0.2) is 36.0 Å². The zero-order valence-corrected chi connectivity index (χ0v) is 13.3. The predicted octanol–water partition coefficient (Wildman–Crippen LogP) is 1.49. The van der Waals surface area contributed by atoms with Gasteiger partial charge in [-0.1, -0.05) is 6.07 Å². The monoisotopic (exact) mass is 289 g/mol. The van der Waals surface area contributed by atoms with E-state index >= 15 is 0 Å². The van der Waals surface area contributed by atoms with Crippen LogP contribution in [0.1, 0.15) is 16.8 Å². The van der Waals surface area contributed by atoms with Crippen molar-refractivity contribution in [2.75, 3.05) is 26.1 Å². The van der Waals surface area contributed by atoms with Gasteiger partial charge in [0.25, 0.3) is 0 Å². The average Bonchev–Trinajstić information content (AvgIpc) is 2.73. The summed E-state index contributed by atoms with van der Waals surface area (Å²) < 4.78 is 7.17. The molecule has 0 unspecified atom stereocenters. The minimum atomic E-state index is 0.713. The van der Waals surface area contributed by atoms with Gasteiger partial charge in [-0.15, -0.1) is 0 Å². The Kier molecular flexibility index (Phi) is 4.80. The summed E-state index contributed by atoms with van der Waals surface area (Å²) >= 11 is 0. The number of nitrogens with zero attached hydrogens (tertiary/aromatic N) is 4. The minimum absolute atomic E-state index is 0.713. The Balaban J connectivity index is 2.06. The molecule has 2 rings (SSSR count). The Morgan fingerprint density at radius 2 is 2.10 bits per heavy atom. The normalized spacial score (nSPS) is 10.7. The number of aromatic nitrogens is 3. The molecular formula is C15H23N5O. The van der Waals surface area contributed by atoms with Crippen molar-refractivity contribution in [1.82, 2.24) is 20.1 Å². The Hall–Kier alpha value is -2.08. The molecule has 0 atom stereocenters. The molecule has 0 aliphatic heterocycles. The van der Waals surface area contributed by atoms with E-state index in [9.17, 15) is 0 Å². The van der Waals surface area contributed by atoms with Gasteiger partial charge in [0.2, 0.25) is 5.88 Å². The van der Waals surface area contributed by atoms with Crippen LogP contribution in [0.3, 0.4) is 0 Å². The molecule has 21 heavy (non-hydrogen) atoms. The molecule has 2 aromatic rings. The van der Waals surface area contributed by atoms with Crippen LogP contribution in [0.15, 0.2) is 18.3 Å². The Morgan fingerprint density at radius 3 is 2.76 bits per heavy atom. The van der Waals surface area contributed by atoms with Gasteiger partial charge in [-0.25, -0.2) is 9.67 Å². The fourth-order valence-electron chi connectivity index (χ4n) is 2.43. The van der Waals surface area contributed by atoms with Crippen LogP contribution < -0.4 is 15.0 Å². The smallest absolute Gasteiger partial charge is 0.216 e. The van der Waals surface area contributed by atoms with Gasteiger partial charge in [0.05, 0.1) is 18.4 Å². The summed E-state index contributed by atoms with van der Waals surface area (Å²) in [7, 11) is 7.56. The van der Waals surface area contributed by atoms with Gasteiger partial charge in [0, 0.05) is 46.0 Å². The van der Waals surface area contributed by atoms with Gasteiger partial charge in [-0.05, 0) is 13.0 Å². The maximum Gasteiger partial charge on any atom is 0.216 e. The summed E-state index contributed by atoms with van der Waals surface area (Å²) in [6.07, 6.45) is 1.81. The lowest BCUT2D eigenvalue weighted by molar-refractivity contribution is 0.368. The first kappa shape index (κ1) is 15.3. The zero-order valence-electron chi connectivity index (χ0n) is 13.3. The van der Waals surface area contributed by atoms with Gasteiger partial charge in [0.15, 0.2) is 0 Å². The highest BCUT2D eigenvalue weighted by Gasteiger charge is 2.13. The summed E-state index contributed by atoms with van der Waals surface area (Å²) in [6, 6.07) is 4.04. The van der Waals surface area contributed by atoms with Crippen molar-refractivity contribution in [3.8, 4) is 5.88 Å². The molecular weight excluding hydrogens is 266 g/mol. The number of anilines is 1. The van der Waals surface area contributed by atoms with Crippen LogP contribution in [0.4, 0.5) is 5.82 Å². The molecule has 6 nitrogen and oxygen atoms in total. The summed E-state index contributed by atoms with van der Waals surface area (Å²) in [4.78, 5) is 6.42. The standard InChI is InChI=1S/C15H23N5O/c1-11-13(15(21-5)20(4)18-11)10-16-9-12-7-6-8-17-14(12)19(2)3/h6-8,16H,9-10H2,1-5H3. The molecule has 0 radical (unpaired) electrons. The summed E-state index contributed by atoms with van der Waals surface area (Å²) in [6.45, 7) is 3.46. The number of pyridine rings is 1. The molecule has 0 amide bonds. The highest BCUT2D eigenvalue weighted by atomic mass is 16.5. The Labute approximate surface area is 125 Å². The van der Waals surface area contributed by atoms with E-state index in [4.69, 9.17) is 4.74 Å². The largest absolute Gasteiger partial charge is 0.481 e. The molecule has 0 bridgehead atoms. The van der Waals surface area contributed by atoms with Crippen molar-refractivity contribution in [2.24, 2.45) is 7.05 Å². The first-order valence-corrected chi connectivity index (χ1v) is 6.93. The Morgan fingerprint density at radius 1 is 1.33 bits per heavy atom. The zero-order chi connectivity index (χ0) is 15.4. The average molecular weight is 289 g/mol. The van der Waals surface area contributed by atoms with E-state index in [0.29, 0.717) is 6.54 Å². The number of ether oxygens (including phenoxy) is 1. The molecule has 0 aliphatic carbocycles. The number of hydrogen-bond donors (Lipinski definition) is 1. The quantitative estimate of drug-likeness (QED) is 0.873. The van der Waals surface area contributed by atoms with E-state index in [1.54, 1.807) is 11.8 Å². The topological polar surface area (TPSA) is 55.2 Å². The van der Waals surface area contributed by atoms with E-state index < -0.39 is 0 Å². The number of methoxy groups -OCH3 is 1. The first-order valence-electron chi connectivity index (χ1n) is 6.93. The molecule has 0 saturated carbocycles. The summed E-state index contributed by atoms with van der Waals surface area (Å²) in [5.41, 5.74) is 3.25. The van der Waals surface area contributed by atoms with E-state index in [0.717, 1.165) is 29.5 Å². The number of aryl methyl sites for hydroxylation is 2. The van der Waals surface area contributed by atoms with Crippen molar-refractivity contribution >= 4 is 5.82 Å². The molecule has 0 saturated heterocycles. The van der Waals surface area contributed by atoms with E-state index in [1.807, 2.05) is 45.2 Å². The van der Waals surface area contributed by atoms with Crippen molar-refractivity contribution in [2.45, 2.75) is 20.0 Å². The van der Waals surface area contributed by atoms with Crippen LogP contribution in [0, 0.1) is 6.92 Å². The molecule has 114 valence electrons. The lowest BCUT2D eigenvalue weighted by Crippen LogP contribution is -2.18. The van der Waals surface area contributed by atoms with Gasteiger partial charge in [0.1, 0.15) is 5.82 Å². The summed E-state index contributed by atoms with van der Waals surface area (Å²) in [5, 5.41) is 7.83. The van der Waals surface area contributed by atoms with Gasteiger partial charge < -0.3 is 15.0 Å². The molecule has 6 heteroatoms. The molecule has 2 aromatic heterocycles. The fraction of sp³-hybridized carbons (Fsp3) is 0.467. The number of hydrogen-bond acceptors (Lipinski definition) is 5. The van der Waals surface area contributed by atoms with Crippen LogP contribution in [-0.2, 0) is 20.1 Å². The molecule has 2 heterocycles. The molecule has 0 fully saturated rings. The number of nitrogens with one attached hydrogen (secondary N) is 1. The van der Waals surface area contributed by atoms with Crippen molar-refractivity contribution in [3.63, 3.8) is 0 Å². The lowest BCUT2D eigenvalue weighted by Gasteiger charge is -2.16. The van der Waals surface area contributed by atoms with E-state index in [1.165, 1.54) is 5.56 Å². The Bertz CT molecular complexity index is 606. The third-order valence-corrected chi connectivity index (χ3v) is 3.39. The second-order valence-electron chi connectivity index (χ2n) is 5.18. The van der Waals surface area contributed by atoms with Gasteiger partial charge >= 0.3 is 0 Å². The highest BCUT2D eigenvalue weighted by Crippen LogP contribution is 2.21. The van der Waals surface area contributed by atoms with Crippen LogP contribution in [0.2, 0.25) is 0 Å². The van der Waals surface area contributed by atoms with Crippen molar-refractivity contribution in [1.29, 1.82) is 0 Å². The van der Waals surface area contributed by atoms with Crippen LogP contribution in [0.5, 0.6) is 5.88 Å². The second kappa shape index (κ2) is 6.58. The van der Waals surface area contributed by atoms with Gasteiger partial charge in [-0.2, -0.15) is 5.10 Å². The van der Waals surface area contributed by atoms with Crippen LogP contribution in [0.25, 0.3) is 0 Å². The maximum absolute atomic E-state index is 5.40. The minimum Gasteiger partial charge on any atom is -0.481 e. The SMILES string of the molecule is COc1c(CNCc2cccnc2N(C)C)c(C)nn1C. The number of rotatable bonds is 6. The molecule has 1 N–H and O–H groups in total. The molecule has 0 aromatic carbocycles. The van der Waals surface area contributed by atoms with Crippen molar-refractivity contribution in [3.05, 3.63) is 35.2 Å². The maximum atomic E-state index is 5.40. The lowest BCUT2D eigenvalue weighted by atomic mass is 10.2. The summed E-state index contributed by atoms with van der Waals surface area (Å²) in [5.74, 6) is 1.79. The van der Waals surface area contributed by atoms with E-state index in [-0.39, 0.29) is 0 Å². The fourth-order valence-corrected chi connectivity index (χ4v) is 2.43.